The van der Waals surface area contributed by atoms with Crippen LogP contribution < -0.4 is 4.74 Å². The zero-order chi connectivity index (χ0) is 12.6. The molecule has 0 aliphatic rings. The topological polar surface area (TPSA) is 9.23 Å². The van der Waals surface area contributed by atoms with Crippen LogP contribution in [0.15, 0.2) is 18.2 Å². The van der Waals surface area contributed by atoms with Crippen LogP contribution in [0.25, 0.3) is 0 Å². The van der Waals surface area contributed by atoms with Gasteiger partial charge in [-0.25, -0.2) is 4.39 Å². The van der Waals surface area contributed by atoms with Crippen LogP contribution in [0, 0.1) is 12.7 Å². The Morgan fingerprint density at radius 2 is 1.62 bits per heavy atom. The third-order valence-corrected chi connectivity index (χ3v) is 2.07. The molecule has 0 amide bonds. The zero-order valence-corrected chi connectivity index (χ0v) is 9.15. The lowest BCUT2D eigenvalue weighted by Crippen LogP contribution is -2.44. The summed E-state index contributed by atoms with van der Waals surface area (Å²) in [6.45, 7) is 3.37. The normalized spacial score (nSPS) is 12.7. The molecule has 0 N–H and O–H groups in total. The number of halogens is 4. The molecule has 0 aliphatic carbocycles. The minimum absolute atomic E-state index is 0.125. The van der Waals surface area contributed by atoms with Crippen molar-refractivity contribution in [1.29, 1.82) is 0 Å². The first kappa shape index (κ1) is 12.8. The summed E-state index contributed by atoms with van der Waals surface area (Å²) in [6.07, 6.45) is -4.51. The van der Waals surface area contributed by atoms with E-state index in [2.05, 4.69) is 0 Å². The Balaban J connectivity index is 2.96. The fourth-order valence-corrected chi connectivity index (χ4v) is 1.11. The molecule has 5 heteroatoms. The van der Waals surface area contributed by atoms with Gasteiger partial charge in [-0.1, -0.05) is 0 Å². The first-order valence-electron chi connectivity index (χ1n) is 4.65. The molecular formula is C11H12F4O. The average Bonchev–Trinajstić information content (AvgIpc) is 1.97. The predicted molar refractivity (Wildman–Crippen MR) is 51.9 cm³/mol. The van der Waals surface area contributed by atoms with Crippen molar-refractivity contribution in [1.82, 2.24) is 0 Å². The molecule has 0 spiro atoms. The molecule has 1 nitrogen and oxygen atoms in total. The zero-order valence-electron chi connectivity index (χ0n) is 9.15. The van der Waals surface area contributed by atoms with Crippen molar-refractivity contribution >= 4 is 0 Å². The number of hydrogen-bond donors (Lipinski definition) is 0. The molecule has 0 unspecified atom stereocenters. The molecule has 0 heterocycles. The van der Waals surface area contributed by atoms with Gasteiger partial charge in [-0.2, -0.15) is 13.2 Å². The third-order valence-electron chi connectivity index (χ3n) is 2.07. The molecule has 0 radical (unpaired) electrons. The maximum Gasteiger partial charge on any atom is 0.427 e. The van der Waals surface area contributed by atoms with Gasteiger partial charge in [-0.15, -0.1) is 0 Å². The molecule has 1 aromatic rings. The Morgan fingerprint density at radius 1 is 1.06 bits per heavy atom. The van der Waals surface area contributed by atoms with E-state index in [1.807, 2.05) is 0 Å². The number of rotatable bonds is 2. The monoisotopic (exact) mass is 236 g/mol. The molecule has 0 saturated carbocycles. The summed E-state index contributed by atoms with van der Waals surface area (Å²) in [7, 11) is 0. The second-order valence-corrected chi connectivity index (χ2v) is 4.07. The smallest absolute Gasteiger partial charge is 0.427 e. The summed E-state index contributed by atoms with van der Waals surface area (Å²) in [5.41, 5.74) is -1.83. The molecule has 1 aromatic carbocycles. The summed E-state index contributed by atoms with van der Waals surface area (Å²) in [5, 5.41) is 0. The van der Waals surface area contributed by atoms with Crippen molar-refractivity contribution in [3.05, 3.63) is 29.6 Å². The van der Waals surface area contributed by atoms with Crippen molar-refractivity contribution in [2.45, 2.75) is 32.5 Å². The van der Waals surface area contributed by atoms with Crippen LogP contribution in [-0.4, -0.2) is 11.8 Å². The van der Waals surface area contributed by atoms with E-state index in [0.29, 0.717) is 5.56 Å². The van der Waals surface area contributed by atoms with Crippen LogP contribution in [0.5, 0.6) is 5.75 Å². The number of aryl methyl sites for hydroxylation is 1. The van der Waals surface area contributed by atoms with Gasteiger partial charge in [0, 0.05) is 6.07 Å². The largest absolute Gasteiger partial charge is 0.478 e. The van der Waals surface area contributed by atoms with E-state index in [-0.39, 0.29) is 5.75 Å². The summed E-state index contributed by atoms with van der Waals surface area (Å²) >= 11 is 0. The summed E-state index contributed by atoms with van der Waals surface area (Å²) < 4.78 is 55.2. The van der Waals surface area contributed by atoms with Crippen molar-refractivity contribution in [3.8, 4) is 5.75 Å². The first-order chi connectivity index (χ1) is 7.12. The van der Waals surface area contributed by atoms with Crippen LogP contribution in [-0.2, 0) is 0 Å². The highest BCUT2D eigenvalue weighted by Crippen LogP contribution is 2.34. The van der Waals surface area contributed by atoms with Crippen molar-refractivity contribution in [3.63, 3.8) is 0 Å². The Kier molecular flexibility index (Phi) is 3.17. The molecule has 0 aromatic heterocycles. The van der Waals surface area contributed by atoms with Crippen molar-refractivity contribution < 1.29 is 22.3 Å². The van der Waals surface area contributed by atoms with Gasteiger partial charge in [0.15, 0.2) is 5.60 Å². The highest BCUT2D eigenvalue weighted by atomic mass is 19.4. The summed E-state index contributed by atoms with van der Waals surface area (Å²) in [4.78, 5) is 0. The minimum Gasteiger partial charge on any atom is -0.478 e. The lowest BCUT2D eigenvalue weighted by atomic mass is 10.1. The molecular weight excluding hydrogens is 224 g/mol. The van der Waals surface area contributed by atoms with Gasteiger partial charge < -0.3 is 4.74 Å². The van der Waals surface area contributed by atoms with Crippen molar-refractivity contribution in [2.75, 3.05) is 0 Å². The Morgan fingerprint density at radius 3 is 2.06 bits per heavy atom. The van der Waals surface area contributed by atoms with E-state index < -0.39 is 17.6 Å². The van der Waals surface area contributed by atoms with Gasteiger partial charge in [0.1, 0.15) is 11.6 Å². The molecule has 0 bridgehead atoms. The van der Waals surface area contributed by atoms with Gasteiger partial charge >= 0.3 is 6.18 Å². The molecule has 0 saturated heterocycles. The molecule has 1 rings (SSSR count). The van der Waals surface area contributed by atoms with Gasteiger partial charge in [-0.3, -0.25) is 0 Å². The predicted octanol–water partition coefficient (Wildman–Crippen LogP) is 3.85. The molecule has 90 valence electrons. The van der Waals surface area contributed by atoms with Crippen LogP contribution >= 0.6 is 0 Å². The molecule has 16 heavy (non-hydrogen) atoms. The highest BCUT2D eigenvalue weighted by Gasteiger charge is 2.49. The molecule has 0 aliphatic heterocycles. The quantitative estimate of drug-likeness (QED) is 0.708. The fourth-order valence-electron chi connectivity index (χ4n) is 1.11. The average molecular weight is 236 g/mol. The lowest BCUT2D eigenvalue weighted by molar-refractivity contribution is -0.234. The minimum atomic E-state index is -4.51. The molecule has 0 atom stereocenters. The van der Waals surface area contributed by atoms with Gasteiger partial charge in [-0.05, 0) is 38.5 Å². The van der Waals surface area contributed by atoms with Gasteiger partial charge in [0.2, 0.25) is 0 Å². The van der Waals surface area contributed by atoms with E-state index in [4.69, 9.17) is 4.74 Å². The van der Waals surface area contributed by atoms with E-state index >= 15 is 0 Å². The van der Waals surface area contributed by atoms with Crippen LogP contribution in [0.1, 0.15) is 19.4 Å². The van der Waals surface area contributed by atoms with E-state index in [0.717, 1.165) is 19.9 Å². The number of ether oxygens (including phenoxy) is 1. The van der Waals surface area contributed by atoms with Crippen molar-refractivity contribution in [2.24, 2.45) is 0 Å². The number of alkyl halides is 3. The standard InChI is InChI=1S/C11H12F4O/c1-7-4-8(12)6-9(5-7)16-10(2,3)11(13,14)15/h4-6H,1-3H3. The SMILES string of the molecule is Cc1cc(F)cc(OC(C)(C)C(F)(F)F)c1. The van der Waals surface area contributed by atoms with E-state index in [1.165, 1.54) is 12.1 Å². The Bertz CT molecular complexity index is 362. The Hall–Kier alpha value is -1.26. The molecule has 0 fully saturated rings. The fraction of sp³-hybridized carbons (Fsp3) is 0.455. The second-order valence-electron chi connectivity index (χ2n) is 4.07. The highest BCUT2D eigenvalue weighted by molar-refractivity contribution is 5.29. The maximum absolute atomic E-state index is 12.9. The first-order valence-corrected chi connectivity index (χ1v) is 4.65. The summed E-state index contributed by atoms with van der Waals surface area (Å²) in [5.74, 6) is -0.743. The maximum atomic E-state index is 12.9. The second kappa shape index (κ2) is 3.96. The Labute approximate surface area is 91.0 Å². The van der Waals surface area contributed by atoms with Crippen LogP contribution in [0.2, 0.25) is 0 Å². The lowest BCUT2D eigenvalue weighted by Gasteiger charge is -2.28. The third kappa shape index (κ3) is 2.87. The number of hydrogen-bond acceptors (Lipinski definition) is 1. The van der Waals surface area contributed by atoms with E-state index in [9.17, 15) is 17.6 Å². The van der Waals surface area contributed by atoms with E-state index in [1.54, 1.807) is 6.92 Å². The van der Waals surface area contributed by atoms with Gasteiger partial charge in [0.25, 0.3) is 0 Å². The van der Waals surface area contributed by atoms with Gasteiger partial charge in [0.05, 0.1) is 0 Å². The number of benzene rings is 1. The van der Waals surface area contributed by atoms with Crippen LogP contribution in [0.4, 0.5) is 17.6 Å². The van der Waals surface area contributed by atoms with Crippen LogP contribution in [0.3, 0.4) is 0 Å². The summed E-state index contributed by atoms with van der Waals surface area (Å²) in [6, 6.07) is 3.50.